The number of nitrogens with two attached hydrogens (primary N) is 1. The number of rotatable bonds is 3. The molecule has 0 fully saturated rings. The van der Waals surface area contributed by atoms with E-state index >= 15 is 0 Å². The van der Waals surface area contributed by atoms with E-state index in [-0.39, 0.29) is 0 Å². The molecule has 2 nitrogen and oxygen atoms in total. The molecule has 0 aliphatic heterocycles. The van der Waals surface area contributed by atoms with Crippen LogP contribution in [0.5, 0.6) is 0 Å². The molecule has 1 atom stereocenters. The minimum Gasteiger partial charge on any atom is -0.334 e. The van der Waals surface area contributed by atoms with Crippen molar-refractivity contribution in [2.75, 3.05) is 5.75 Å². The monoisotopic (exact) mass is 235 g/mol. The molecule has 0 saturated carbocycles. The van der Waals surface area contributed by atoms with Crippen LogP contribution in [0.2, 0.25) is 0 Å². The normalized spacial score (nSPS) is 16.9. The van der Waals surface area contributed by atoms with Crippen molar-refractivity contribution in [1.29, 1.82) is 0 Å². The van der Waals surface area contributed by atoms with Crippen LogP contribution in [-0.4, -0.2) is 10.3 Å². The summed E-state index contributed by atoms with van der Waals surface area (Å²) in [6.45, 7) is 2.03. The summed E-state index contributed by atoms with van der Waals surface area (Å²) in [4.78, 5) is 0.869. The molecule has 0 amide bonds. The van der Waals surface area contributed by atoms with E-state index in [1.807, 2.05) is 43.3 Å². The molecule has 86 valence electrons. The maximum absolute atomic E-state index is 10.2. The van der Waals surface area contributed by atoms with Gasteiger partial charge in [-0.25, -0.2) is 0 Å². The van der Waals surface area contributed by atoms with E-state index in [9.17, 15) is 4.55 Å². The lowest BCUT2D eigenvalue weighted by Gasteiger charge is -2.29. The van der Waals surface area contributed by atoms with E-state index in [4.69, 9.17) is 5.14 Å². The Balaban J connectivity index is 2.46. The van der Waals surface area contributed by atoms with E-state index in [0.29, 0.717) is 5.75 Å². The molecule has 0 bridgehead atoms. The Bertz CT molecular complexity index is 496. The number of hydrogen-bond donors (Lipinski definition) is 2. The van der Waals surface area contributed by atoms with Gasteiger partial charge < -0.3 is 4.55 Å². The Hall–Kier alpha value is -1.03. The Morgan fingerprint density at radius 1 is 1.12 bits per heavy atom. The van der Waals surface area contributed by atoms with Gasteiger partial charge in [-0.15, -0.1) is 0 Å². The maximum atomic E-state index is 10.2. The van der Waals surface area contributed by atoms with Crippen molar-refractivity contribution in [3.05, 3.63) is 42.5 Å². The molecule has 0 saturated heterocycles. The zero-order chi connectivity index (χ0) is 11.6. The van der Waals surface area contributed by atoms with E-state index in [0.717, 1.165) is 16.7 Å². The summed E-state index contributed by atoms with van der Waals surface area (Å²) < 4.78 is 10.2. The van der Waals surface area contributed by atoms with Crippen LogP contribution in [0.3, 0.4) is 0 Å². The topological polar surface area (TPSA) is 46.2 Å². The molecular weight excluding hydrogens is 218 g/mol. The second-order valence-corrected chi connectivity index (χ2v) is 6.36. The fourth-order valence-corrected chi connectivity index (χ4v) is 3.31. The molecular formula is C13H17NOS. The quantitative estimate of drug-likeness (QED) is 0.851. The van der Waals surface area contributed by atoms with Crippen molar-refractivity contribution >= 4 is 21.3 Å². The zero-order valence-corrected chi connectivity index (χ0v) is 10.2. The first-order chi connectivity index (χ1) is 7.63. The molecule has 2 aromatic rings. The van der Waals surface area contributed by atoms with Crippen LogP contribution in [0, 0.1) is 0 Å². The fraction of sp³-hybridized carbons (Fsp3) is 0.231. The van der Waals surface area contributed by atoms with Gasteiger partial charge in [0.15, 0.2) is 0 Å². The van der Waals surface area contributed by atoms with Crippen molar-refractivity contribution in [3.8, 4) is 0 Å². The van der Waals surface area contributed by atoms with Crippen molar-refractivity contribution in [2.24, 2.45) is 5.14 Å². The lowest BCUT2D eigenvalue weighted by atomic mass is 10.1. The second-order valence-electron chi connectivity index (χ2n) is 3.97. The lowest BCUT2D eigenvalue weighted by Crippen LogP contribution is -2.13. The van der Waals surface area contributed by atoms with Crippen molar-refractivity contribution in [2.45, 2.75) is 18.2 Å². The third-order valence-corrected chi connectivity index (χ3v) is 4.75. The first-order valence-electron chi connectivity index (χ1n) is 5.43. The second kappa shape index (κ2) is 4.45. The largest absolute Gasteiger partial charge is 0.334 e. The summed E-state index contributed by atoms with van der Waals surface area (Å²) in [7, 11) is -2.10. The Kier molecular flexibility index (Phi) is 3.19. The lowest BCUT2D eigenvalue weighted by molar-refractivity contribution is 0.623. The van der Waals surface area contributed by atoms with E-state index < -0.39 is 10.5 Å². The van der Waals surface area contributed by atoms with Gasteiger partial charge in [0.1, 0.15) is 0 Å². The summed E-state index contributed by atoms with van der Waals surface area (Å²) in [5, 5.41) is 8.29. The summed E-state index contributed by atoms with van der Waals surface area (Å²) in [5.74, 6) is 0.658. The summed E-state index contributed by atoms with van der Waals surface area (Å²) in [5.41, 5.74) is 0. The first-order valence-corrected chi connectivity index (χ1v) is 7.26. The molecule has 0 aliphatic rings. The van der Waals surface area contributed by atoms with Crippen LogP contribution in [-0.2, 0) is 0 Å². The summed E-state index contributed by atoms with van der Waals surface area (Å²) in [6.07, 6.45) is 0.898. The predicted octanol–water partition coefficient (Wildman–Crippen LogP) is 3.76. The van der Waals surface area contributed by atoms with Gasteiger partial charge in [-0.05, 0) is 29.3 Å². The average Bonchev–Trinajstić information content (AvgIpc) is 2.28. The van der Waals surface area contributed by atoms with Crippen LogP contribution in [0.25, 0.3) is 10.8 Å². The average molecular weight is 235 g/mol. The number of benzene rings is 2. The Morgan fingerprint density at radius 2 is 1.81 bits per heavy atom. The highest BCUT2D eigenvalue weighted by molar-refractivity contribution is 8.27. The van der Waals surface area contributed by atoms with Crippen LogP contribution < -0.4 is 5.14 Å². The SMILES string of the molecule is CCCS(N)(O)c1ccc2ccccc2c1. The van der Waals surface area contributed by atoms with Gasteiger partial charge in [-0.2, -0.15) is 0 Å². The Morgan fingerprint density at radius 3 is 2.50 bits per heavy atom. The molecule has 2 aromatic carbocycles. The van der Waals surface area contributed by atoms with Gasteiger partial charge in [-0.1, -0.05) is 47.8 Å². The van der Waals surface area contributed by atoms with Gasteiger partial charge in [0.25, 0.3) is 0 Å². The van der Waals surface area contributed by atoms with E-state index in [1.54, 1.807) is 0 Å². The minimum absolute atomic E-state index is 0.658. The third-order valence-electron chi connectivity index (χ3n) is 2.64. The summed E-state index contributed by atoms with van der Waals surface area (Å²) >= 11 is 0. The van der Waals surface area contributed by atoms with Gasteiger partial charge in [-0.3, -0.25) is 5.14 Å². The van der Waals surface area contributed by atoms with Gasteiger partial charge in [0.2, 0.25) is 0 Å². The highest BCUT2D eigenvalue weighted by Crippen LogP contribution is 2.45. The van der Waals surface area contributed by atoms with E-state index in [1.165, 1.54) is 5.39 Å². The molecule has 0 radical (unpaired) electrons. The van der Waals surface area contributed by atoms with Gasteiger partial charge in [0, 0.05) is 10.6 Å². The Labute approximate surface area is 97.7 Å². The fourth-order valence-electron chi connectivity index (χ4n) is 1.82. The third kappa shape index (κ3) is 2.21. The van der Waals surface area contributed by atoms with Crippen LogP contribution in [0.4, 0.5) is 0 Å². The number of hydrogen-bond acceptors (Lipinski definition) is 2. The van der Waals surface area contributed by atoms with Gasteiger partial charge in [0.05, 0.1) is 0 Å². The van der Waals surface area contributed by atoms with Crippen molar-refractivity contribution < 1.29 is 4.55 Å². The predicted molar refractivity (Wildman–Crippen MR) is 71.8 cm³/mol. The standard InChI is InChI=1S/C13H17NOS/c1-2-9-16(14,15)13-8-7-11-5-3-4-6-12(11)10-13/h3-8,10,15H,2,9,14H2,1H3. The molecule has 3 heteroatoms. The van der Waals surface area contributed by atoms with E-state index in [2.05, 4.69) is 6.07 Å². The molecule has 16 heavy (non-hydrogen) atoms. The number of fused-ring (bicyclic) bond motifs is 1. The first kappa shape index (κ1) is 11.5. The molecule has 0 aromatic heterocycles. The molecule has 3 N–H and O–H groups in total. The molecule has 1 unspecified atom stereocenters. The van der Waals surface area contributed by atoms with Crippen LogP contribution in [0.1, 0.15) is 13.3 Å². The van der Waals surface area contributed by atoms with Crippen molar-refractivity contribution in [3.63, 3.8) is 0 Å². The zero-order valence-electron chi connectivity index (χ0n) is 9.39. The molecule has 2 rings (SSSR count). The van der Waals surface area contributed by atoms with Crippen LogP contribution >= 0.6 is 10.5 Å². The molecule has 0 heterocycles. The maximum Gasteiger partial charge on any atom is 0.0263 e. The highest BCUT2D eigenvalue weighted by Gasteiger charge is 2.16. The smallest absolute Gasteiger partial charge is 0.0263 e. The van der Waals surface area contributed by atoms with Gasteiger partial charge >= 0.3 is 0 Å². The molecule has 0 aliphatic carbocycles. The summed E-state index contributed by atoms with van der Waals surface area (Å²) in [6, 6.07) is 14.1. The van der Waals surface area contributed by atoms with Crippen LogP contribution in [0.15, 0.2) is 47.4 Å². The van der Waals surface area contributed by atoms with Crippen molar-refractivity contribution in [1.82, 2.24) is 0 Å². The minimum atomic E-state index is -2.10. The highest BCUT2D eigenvalue weighted by atomic mass is 32.3. The molecule has 0 spiro atoms.